The number of piperidine rings is 1. The third-order valence-electron chi connectivity index (χ3n) is 4.70. The van der Waals surface area contributed by atoms with Crippen molar-refractivity contribution < 1.29 is 14.3 Å². The van der Waals surface area contributed by atoms with Gasteiger partial charge in [-0.2, -0.15) is 0 Å². The molecule has 4 nitrogen and oxygen atoms in total. The Morgan fingerprint density at radius 1 is 1.13 bits per heavy atom. The summed E-state index contributed by atoms with van der Waals surface area (Å²) in [6, 6.07) is 9.79. The molecule has 0 radical (unpaired) electrons. The molecule has 0 atom stereocenters. The smallest absolute Gasteiger partial charge is 0.410 e. The van der Waals surface area contributed by atoms with Gasteiger partial charge < -0.3 is 14.4 Å². The van der Waals surface area contributed by atoms with Crippen molar-refractivity contribution in [3.63, 3.8) is 0 Å². The van der Waals surface area contributed by atoms with E-state index in [1.165, 1.54) is 12.8 Å². The van der Waals surface area contributed by atoms with Crippen LogP contribution in [-0.2, 0) is 16.1 Å². The third-order valence-corrected chi connectivity index (χ3v) is 5.62. The van der Waals surface area contributed by atoms with Crippen molar-refractivity contribution >= 4 is 22.0 Å². The highest BCUT2D eigenvalue weighted by atomic mass is 79.9. The van der Waals surface area contributed by atoms with Crippen LogP contribution in [0.2, 0.25) is 0 Å². The first-order chi connectivity index (χ1) is 11.2. The van der Waals surface area contributed by atoms with E-state index in [0.29, 0.717) is 18.8 Å². The predicted molar refractivity (Wildman–Crippen MR) is 92.6 cm³/mol. The molecule has 1 aromatic rings. The monoisotopic (exact) mass is 381 g/mol. The largest absolute Gasteiger partial charge is 0.445 e. The fourth-order valence-electron chi connectivity index (χ4n) is 3.17. The van der Waals surface area contributed by atoms with Gasteiger partial charge in [0.25, 0.3) is 0 Å². The summed E-state index contributed by atoms with van der Waals surface area (Å²) < 4.78 is 11.5. The molecule has 0 unspecified atom stereocenters. The van der Waals surface area contributed by atoms with Crippen LogP contribution in [0.1, 0.15) is 31.2 Å². The molecule has 3 rings (SSSR count). The van der Waals surface area contributed by atoms with E-state index in [4.69, 9.17) is 9.47 Å². The molecule has 0 spiro atoms. The molecule has 1 amide bonds. The minimum Gasteiger partial charge on any atom is -0.445 e. The summed E-state index contributed by atoms with van der Waals surface area (Å²) in [6.45, 7) is 1.80. The number of nitrogens with zero attached hydrogens (tertiary/aromatic N) is 1. The lowest BCUT2D eigenvalue weighted by Crippen LogP contribution is -2.43. The first-order valence-corrected chi connectivity index (χ1v) is 9.54. The normalized spacial score (nSPS) is 25.0. The van der Waals surface area contributed by atoms with E-state index < -0.39 is 0 Å². The Balaban J connectivity index is 1.34. The van der Waals surface area contributed by atoms with Gasteiger partial charge in [0, 0.05) is 18.4 Å². The van der Waals surface area contributed by atoms with Crippen LogP contribution in [0.25, 0.3) is 0 Å². The number of carbonyl (C=O) groups is 1. The third kappa shape index (κ3) is 4.70. The van der Waals surface area contributed by atoms with Crippen molar-refractivity contribution in [1.82, 2.24) is 4.90 Å². The van der Waals surface area contributed by atoms with Crippen molar-refractivity contribution in [2.75, 3.05) is 18.4 Å². The van der Waals surface area contributed by atoms with Gasteiger partial charge in [-0.05, 0) is 37.2 Å². The number of alkyl halides is 1. The number of amides is 1. The second kappa shape index (κ2) is 8.15. The molecule has 1 aliphatic carbocycles. The van der Waals surface area contributed by atoms with Crippen LogP contribution in [0.15, 0.2) is 30.3 Å². The van der Waals surface area contributed by atoms with Crippen molar-refractivity contribution in [1.29, 1.82) is 0 Å². The van der Waals surface area contributed by atoms with E-state index in [1.54, 1.807) is 4.90 Å². The summed E-state index contributed by atoms with van der Waals surface area (Å²) in [5.74, 6) is 0.785. The van der Waals surface area contributed by atoms with Crippen LogP contribution in [0, 0.1) is 5.92 Å². The van der Waals surface area contributed by atoms with E-state index in [2.05, 4.69) is 15.9 Å². The Labute approximate surface area is 146 Å². The van der Waals surface area contributed by atoms with Crippen molar-refractivity contribution in [2.45, 2.75) is 44.5 Å². The minimum absolute atomic E-state index is 0.213. The van der Waals surface area contributed by atoms with Gasteiger partial charge in [0.15, 0.2) is 0 Å². The van der Waals surface area contributed by atoms with Crippen molar-refractivity contribution in [2.24, 2.45) is 5.92 Å². The van der Waals surface area contributed by atoms with Crippen LogP contribution < -0.4 is 0 Å². The Kier molecular flexibility index (Phi) is 5.95. The summed E-state index contributed by atoms with van der Waals surface area (Å²) in [6.07, 6.45) is 4.69. The van der Waals surface area contributed by atoms with E-state index in [1.807, 2.05) is 30.3 Å². The molecule has 2 fully saturated rings. The summed E-state index contributed by atoms with van der Waals surface area (Å²) in [5.41, 5.74) is 1.02. The fraction of sp³-hybridized carbons (Fsp3) is 0.611. The van der Waals surface area contributed by atoms with Crippen LogP contribution in [0.5, 0.6) is 0 Å². The second-order valence-electron chi connectivity index (χ2n) is 6.48. The molecule has 126 valence electrons. The number of rotatable bonds is 5. The number of benzene rings is 1. The van der Waals surface area contributed by atoms with Crippen LogP contribution in [0.4, 0.5) is 4.79 Å². The molecule has 1 heterocycles. The van der Waals surface area contributed by atoms with Gasteiger partial charge in [-0.3, -0.25) is 0 Å². The van der Waals surface area contributed by atoms with Gasteiger partial charge in [0.2, 0.25) is 0 Å². The lowest BCUT2D eigenvalue weighted by Gasteiger charge is -2.39. The number of ether oxygens (including phenoxy) is 2. The molecule has 5 heteroatoms. The average Bonchev–Trinajstić information content (AvgIpc) is 2.57. The topological polar surface area (TPSA) is 38.8 Å². The number of hydrogen-bond donors (Lipinski definition) is 0. The first-order valence-electron chi connectivity index (χ1n) is 8.41. The summed E-state index contributed by atoms with van der Waals surface area (Å²) in [7, 11) is 0. The zero-order valence-corrected chi connectivity index (χ0v) is 14.9. The number of carbonyl (C=O) groups excluding carboxylic acids is 1. The van der Waals surface area contributed by atoms with Gasteiger partial charge in [-0.1, -0.05) is 46.3 Å². The maximum Gasteiger partial charge on any atom is 0.410 e. The molecule has 0 bridgehead atoms. The Hall–Kier alpha value is -1.07. The van der Waals surface area contributed by atoms with Gasteiger partial charge in [-0.25, -0.2) is 4.79 Å². The maximum absolute atomic E-state index is 12.1. The summed E-state index contributed by atoms with van der Waals surface area (Å²) in [5, 5.41) is 1.08. The number of hydrogen-bond acceptors (Lipinski definition) is 3. The number of likely N-dealkylation sites (tertiary alicyclic amines) is 1. The van der Waals surface area contributed by atoms with Crippen LogP contribution in [0.3, 0.4) is 0 Å². The summed E-state index contributed by atoms with van der Waals surface area (Å²) in [4.78, 5) is 13.9. The highest BCUT2D eigenvalue weighted by Crippen LogP contribution is 2.33. The molecule has 1 saturated carbocycles. The lowest BCUT2D eigenvalue weighted by atomic mass is 9.84. The Morgan fingerprint density at radius 3 is 2.48 bits per heavy atom. The van der Waals surface area contributed by atoms with Gasteiger partial charge >= 0.3 is 6.09 Å². The zero-order valence-electron chi connectivity index (χ0n) is 13.3. The molecular weight excluding hydrogens is 358 g/mol. The number of halogens is 1. The minimum atomic E-state index is -0.213. The predicted octanol–water partition coefficient (Wildman–Crippen LogP) is 3.98. The molecule has 2 aliphatic rings. The SMILES string of the molecule is O=C(OCc1ccccc1)N1CCC(OC2CC(CBr)C2)CC1. The van der Waals surface area contributed by atoms with Crippen LogP contribution >= 0.6 is 15.9 Å². The van der Waals surface area contributed by atoms with Gasteiger partial charge in [0.05, 0.1) is 12.2 Å². The van der Waals surface area contributed by atoms with Gasteiger partial charge in [0.1, 0.15) is 6.61 Å². The Bertz CT molecular complexity index is 496. The fourth-order valence-corrected chi connectivity index (χ4v) is 3.70. The maximum atomic E-state index is 12.1. The zero-order chi connectivity index (χ0) is 16.1. The molecule has 1 aromatic carbocycles. The van der Waals surface area contributed by atoms with Crippen molar-refractivity contribution in [3.8, 4) is 0 Å². The molecule has 1 saturated heterocycles. The van der Waals surface area contributed by atoms with E-state index in [9.17, 15) is 4.79 Å². The second-order valence-corrected chi connectivity index (χ2v) is 7.12. The standard InChI is InChI=1S/C18H24BrNO3/c19-12-15-10-17(11-15)23-16-6-8-20(9-7-16)18(21)22-13-14-4-2-1-3-5-14/h1-5,15-17H,6-13H2. The lowest BCUT2D eigenvalue weighted by molar-refractivity contribution is -0.0882. The highest BCUT2D eigenvalue weighted by Gasteiger charge is 2.32. The molecule has 0 N–H and O–H groups in total. The van der Waals surface area contributed by atoms with Crippen molar-refractivity contribution in [3.05, 3.63) is 35.9 Å². The van der Waals surface area contributed by atoms with E-state index in [0.717, 1.165) is 42.7 Å². The van der Waals surface area contributed by atoms with Gasteiger partial charge in [-0.15, -0.1) is 0 Å². The highest BCUT2D eigenvalue weighted by molar-refractivity contribution is 9.09. The van der Waals surface area contributed by atoms with Crippen LogP contribution in [-0.4, -0.2) is 41.6 Å². The molecule has 0 aromatic heterocycles. The Morgan fingerprint density at radius 2 is 1.83 bits per heavy atom. The quantitative estimate of drug-likeness (QED) is 0.724. The summed E-state index contributed by atoms with van der Waals surface area (Å²) >= 11 is 3.52. The van der Waals surface area contributed by atoms with E-state index in [-0.39, 0.29) is 6.09 Å². The molecular formula is C18H24BrNO3. The molecule has 23 heavy (non-hydrogen) atoms. The van der Waals surface area contributed by atoms with E-state index >= 15 is 0 Å². The molecule has 1 aliphatic heterocycles. The average molecular weight is 382 g/mol. The first kappa shape index (κ1) is 16.8.